The molecule has 0 atom stereocenters. The van der Waals surface area contributed by atoms with Crippen molar-refractivity contribution in [3.63, 3.8) is 0 Å². The molecule has 0 saturated carbocycles. The molecule has 0 heterocycles. The van der Waals surface area contributed by atoms with Gasteiger partial charge < -0.3 is 0 Å². The Labute approximate surface area is 450 Å². The van der Waals surface area contributed by atoms with Gasteiger partial charge in [0.05, 0.1) is 0 Å². The lowest BCUT2D eigenvalue weighted by molar-refractivity contribution is 0.401. The minimum absolute atomic E-state index is 0.110. The molecule has 0 N–H and O–H groups in total. The van der Waals surface area contributed by atoms with Crippen molar-refractivity contribution in [3.05, 3.63) is 238 Å². The monoisotopic (exact) mass is 981 g/mol. The van der Waals surface area contributed by atoms with E-state index in [-0.39, 0.29) is 5.41 Å². The van der Waals surface area contributed by atoms with E-state index in [0.29, 0.717) is 0 Å². The SMILES string of the molecule is CCCCCCC1(CCCCCC)c2ccccc2-c2ccc(Cc3ccc(-c4c5ccccc5c(-c5ccc(Cc6cccc(CCCCCCCCc7ccc8c(c7)CC8)c6)cc5)c5ccccc45)cc3)cc21. The summed E-state index contributed by atoms with van der Waals surface area (Å²) in [5.41, 5.74) is 23.2. The van der Waals surface area contributed by atoms with Crippen molar-refractivity contribution in [2.45, 2.75) is 161 Å². The van der Waals surface area contributed by atoms with Gasteiger partial charge in [-0.05, 0) is 175 Å². The topological polar surface area (TPSA) is 0 Å². The maximum absolute atomic E-state index is 2.62. The van der Waals surface area contributed by atoms with E-state index in [2.05, 4.69) is 196 Å². The molecule has 380 valence electrons. The van der Waals surface area contributed by atoms with Crippen molar-refractivity contribution in [1.82, 2.24) is 0 Å². The third-order valence-corrected chi connectivity index (χ3v) is 17.6. The summed E-state index contributed by atoms with van der Waals surface area (Å²) in [4.78, 5) is 0. The number of hydrogen-bond acceptors (Lipinski definition) is 0. The molecular formula is C75H80. The molecule has 0 fully saturated rings. The van der Waals surface area contributed by atoms with Gasteiger partial charge in [0.2, 0.25) is 0 Å². The second-order valence-corrected chi connectivity index (χ2v) is 22.8. The average molecular weight is 981 g/mol. The van der Waals surface area contributed by atoms with Crippen LogP contribution in [0, 0.1) is 0 Å². The van der Waals surface area contributed by atoms with Crippen LogP contribution < -0.4 is 0 Å². The molecule has 9 aromatic rings. The minimum Gasteiger partial charge on any atom is -0.0654 e. The van der Waals surface area contributed by atoms with E-state index in [4.69, 9.17) is 0 Å². The Balaban J connectivity index is 0.772. The molecule has 0 saturated heterocycles. The fourth-order valence-corrected chi connectivity index (χ4v) is 13.4. The summed E-state index contributed by atoms with van der Waals surface area (Å²) in [6.45, 7) is 4.67. The Morgan fingerprint density at radius 2 is 0.773 bits per heavy atom. The van der Waals surface area contributed by atoms with Crippen molar-refractivity contribution in [2.24, 2.45) is 0 Å². The fraction of sp³-hybridized carbons (Fsp3) is 0.333. The van der Waals surface area contributed by atoms with Crippen LogP contribution >= 0.6 is 0 Å². The van der Waals surface area contributed by atoms with Crippen LogP contribution in [0.15, 0.2) is 182 Å². The highest BCUT2D eigenvalue weighted by Gasteiger charge is 2.42. The Kier molecular flexibility index (Phi) is 16.2. The highest BCUT2D eigenvalue weighted by Crippen LogP contribution is 2.54. The minimum atomic E-state index is 0.110. The van der Waals surface area contributed by atoms with Gasteiger partial charge in [-0.2, -0.15) is 0 Å². The van der Waals surface area contributed by atoms with Gasteiger partial charge in [0.15, 0.2) is 0 Å². The van der Waals surface area contributed by atoms with Gasteiger partial charge in [0.25, 0.3) is 0 Å². The van der Waals surface area contributed by atoms with Crippen molar-refractivity contribution in [1.29, 1.82) is 0 Å². The molecule has 0 nitrogen and oxygen atoms in total. The summed E-state index contributed by atoms with van der Waals surface area (Å²) in [7, 11) is 0. The van der Waals surface area contributed by atoms with Crippen LogP contribution in [0.1, 0.15) is 172 Å². The van der Waals surface area contributed by atoms with Crippen molar-refractivity contribution >= 4 is 21.5 Å². The first-order chi connectivity index (χ1) is 37.1. The lowest BCUT2D eigenvalue weighted by atomic mass is 9.70. The average Bonchev–Trinajstić information content (AvgIpc) is 3.73. The zero-order valence-corrected chi connectivity index (χ0v) is 45.4. The third-order valence-electron chi connectivity index (χ3n) is 17.6. The third kappa shape index (κ3) is 11.2. The standard InChI is InChI=1S/C75H80/c1-3-5-7-21-48-75(49-22-8-6-4-2)71-33-20-19-28-65(71)66-47-39-60(54-72(66)75)52-58-37-43-63(44-38-58)74-69-31-17-15-29-67(69)73(68-30-16-18-32-70(68)74)62-41-35-57(36-42-62)51-59-27-23-26-55(50-59)24-13-11-9-10-12-14-25-56-34-40-61-45-46-64(61)53-56/h15-20,23,26-44,47,50,53-54H,3-14,21-22,24-25,45-46,48-49,51-52H2,1-2H3. The van der Waals surface area contributed by atoms with Gasteiger partial charge >= 0.3 is 0 Å². The molecule has 2 aliphatic carbocycles. The van der Waals surface area contributed by atoms with Crippen molar-refractivity contribution in [2.75, 3.05) is 0 Å². The van der Waals surface area contributed by atoms with Crippen molar-refractivity contribution < 1.29 is 0 Å². The van der Waals surface area contributed by atoms with Gasteiger partial charge in [-0.1, -0.05) is 273 Å². The van der Waals surface area contributed by atoms with Crippen LogP contribution in [0.3, 0.4) is 0 Å². The first-order valence-corrected chi connectivity index (χ1v) is 29.6. The maximum Gasteiger partial charge on any atom is 0.0215 e. The molecule has 2 aliphatic rings. The van der Waals surface area contributed by atoms with E-state index in [1.165, 1.54) is 211 Å². The second-order valence-electron chi connectivity index (χ2n) is 22.8. The van der Waals surface area contributed by atoms with Gasteiger partial charge in [-0.25, -0.2) is 0 Å². The highest BCUT2D eigenvalue weighted by atomic mass is 14.4. The van der Waals surface area contributed by atoms with Crippen LogP contribution in [-0.2, 0) is 43.9 Å². The second kappa shape index (κ2) is 24.0. The molecule has 0 spiro atoms. The Morgan fingerprint density at radius 3 is 1.32 bits per heavy atom. The Hall–Kier alpha value is -6.50. The molecule has 11 rings (SSSR count). The number of aryl methyl sites for hydroxylation is 4. The van der Waals surface area contributed by atoms with E-state index in [9.17, 15) is 0 Å². The lowest BCUT2D eigenvalue weighted by Crippen LogP contribution is -2.25. The number of fused-ring (bicyclic) bond motifs is 6. The molecule has 0 heteroatoms. The fourth-order valence-electron chi connectivity index (χ4n) is 13.4. The van der Waals surface area contributed by atoms with Crippen LogP contribution in [-0.4, -0.2) is 0 Å². The van der Waals surface area contributed by atoms with E-state index in [1.54, 1.807) is 27.8 Å². The summed E-state index contributed by atoms with van der Waals surface area (Å²) < 4.78 is 0. The van der Waals surface area contributed by atoms with Gasteiger partial charge in [-0.3, -0.25) is 0 Å². The van der Waals surface area contributed by atoms with E-state index in [1.807, 2.05) is 0 Å². The molecule has 0 amide bonds. The first kappa shape index (κ1) is 50.6. The molecular weight excluding hydrogens is 901 g/mol. The lowest BCUT2D eigenvalue weighted by Gasteiger charge is -2.33. The summed E-state index contributed by atoms with van der Waals surface area (Å²) in [6, 6.07) is 70.7. The summed E-state index contributed by atoms with van der Waals surface area (Å²) in [6.07, 6.45) is 27.8. The normalized spacial score (nSPS) is 13.2. The molecule has 0 radical (unpaired) electrons. The van der Waals surface area contributed by atoms with Gasteiger partial charge in [-0.15, -0.1) is 0 Å². The Bertz CT molecular complexity index is 3280. The van der Waals surface area contributed by atoms with Crippen LogP contribution in [0.2, 0.25) is 0 Å². The maximum atomic E-state index is 2.62. The van der Waals surface area contributed by atoms with Crippen LogP contribution in [0.25, 0.3) is 54.9 Å². The predicted octanol–water partition coefficient (Wildman–Crippen LogP) is 20.9. The zero-order valence-electron chi connectivity index (χ0n) is 45.4. The predicted molar refractivity (Wildman–Crippen MR) is 324 cm³/mol. The number of rotatable bonds is 25. The molecule has 0 unspecified atom stereocenters. The Morgan fingerprint density at radius 1 is 0.320 bits per heavy atom. The van der Waals surface area contributed by atoms with Crippen molar-refractivity contribution in [3.8, 4) is 33.4 Å². The smallest absolute Gasteiger partial charge is 0.0215 e. The van der Waals surface area contributed by atoms with E-state index < -0.39 is 0 Å². The number of benzene rings is 9. The molecule has 75 heavy (non-hydrogen) atoms. The van der Waals surface area contributed by atoms with E-state index >= 15 is 0 Å². The summed E-state index contributed by atoms with van der Waals surface area (Å²) >= 11 is 0. The summed E-state index contributed by atoms with van der Waals surface area (Å²) in [5, 5.41) is 5.23. The zero-order chi connectivity index (χ0) is 50.8. The van der Waals surface area contributed by atoms with Crippen LogP contribution in [0.4, 0.5) is 0 Å². The summed E-state index contributed by atoms with van der Waals surface area (Å²) in [5.74, 6) is 0. The van der Waals surface area contributed by atoms with Gasteiger partial charge in [0.1, 0.15) is 0 Å². The molecule has 0 aromatic heterocycles. The molecule has 0 aliphatic heterocycles. The quantitative estimate of drug-likeness (QED) is 0.0395. The number of hydrogen-bond donors (Lipinski definition) is 0. The first-order valence-electron chi connectivity index (χ1n) is 29.6. The highest BCUT2D eigenvalue weighted by molar-refractivity contribution is 6.21. The van der Waals surface area contributed by atoms with Gasteiger partial charge in [0, 0.05) is 5.41 Å². The molecule has 9 aromatic carbocycles. The van der Waals surface area contributed by atoms with E-state index in [0.717, 1.165) is 12.8 Å². The number of unbranched alkanes of at least 4 members (excludes halogenated alkanes) is 11. The molecule has 0 bridgehead atoms. The van der Waals surface area contributed by atoms with Crippen LogP contribution in [0.5, 0.6) is 0 Å². The largest absolute Gasteiger partial charge is 0.0654 e.